The van der Waals surface area contributed by atoms with Gasteiger partial charge in [0.05, 0.1) is 24.1 Å². The van der Waals surface area contributed by atoms with Crippen molar-refractivity contribution < 1.29 is 9.53 Å². The van der Waals surface area contributed by atoms with Crippen LogP contribution in [0.1, 0.15) is 11.3 Å². The minimum absolute atomic E-state index is 0.183. The number of ether oxygens (including phenoxy) is 1. The van der Waals surface area contributed by atoms with Gasteiger partial charge in [-0.25, -0.2) is 4.98 Å². The fourth-order valence-electron chi connectivity index (χ4n) is 3.47. The van der Waals surface area contributed by atoms with Crippen LogP contribution < -0.4 is 4.74 Å². The molecule has 152 valence electrons. The summed E-state index contributed by atoms with van der Waals surface area (Å²) in [6, 6.07) is 12.4. The van der Waals surface area contributed by atoms with E-state index < -0.39 is 0 Å². The number of hydrogen-bond acceptors (Lipinski definition) is 6. The van der Waals surface area contributed by atoms with Crippen molar-refractivity contribution in [1.29, 1.82) is 0 Å². The van der Waals surface area contributed by atoms with Gasteiger partial charge < -0.3 is 9.64 Å². The largest absolute Gasteiger partial charge is 0.497 e. The number of benzene rings is 1. The highest BCUT2D eigenvalue weighted by molar-refractivity contribution is 7.20. The van der Waals surface area contributed by atoms with Crippen LogP contribution in [0.5, 0.6) is 5.75 Å². The molecule has 0 aliphatic carbocycles. The fraction of sp³-hybridized carbons (Fsp3) is 0.364. The van der Waals surface area contributed by atoms with Gasteiger partial charge in [0, 0.05) is 38.1 Å². The molecule has 0 atom stereocenters. The molecule has 1 aliphatic heterocycles. The number of aromatic nitrogens is 1. The van der Waals surface area contributed by atoms with Crippen LogP contribution in [0.25, 0.3) is 9.88 Å². The van der Waals surface area contributed by atoms with Gasteiger partial charge in [0.15, 0.2) is 0 Å². The Morgan fingerprint density at radius 3 is 2.59 bits per heavy atom. The van der Waals surface area contributed by atoms with E-state index in [0.717, 1.165) is 55.6 Å². The number of carbonyl (C=O) groups is 1. The van der Waals surface area contributed by atoms with Gasteiger partial charge in [-0.15, -0.1) is 22.7 Å². The summed E-state index contributed by atoms with van der Waals surface area (Å²) in [7, 11) is 1.69. The molecule has 0 radical (unpaired) electrons. The fourth-order valence-corrected chi connectivity index (χ4v) is 5.10. The standard InChI is InChI=1S/C22H25N3O2S2/c1-27-19-6-4-17(5-7-19)8-9-24-10-12-25(13-11-24)21(26)15-18-16-29-22(23-18)20-3-2-14-28-20/h2-7,14,16H,8-13,15H2,1H3. The number of nitrogens with zero attached hydrogens (tertiary/aromatic N) is 3. The number of piperazine rings is 1. The van der Waals surface area contributed by atoms with Gasteiger partial charge >= 0.3 is 0 Å². The molecule has 4 rings (SSSR count). The minimum Gasteiger partial charge on any atom is -0.497 e. The maximum atomic E-state index is 12.7. The lowest BCUT2D eigenvalue weighted by atomic mass is 10.1. The summed E-state index contributed by atoms with van der Waals surface area (Å²) in [5.74, 6) is 1.08. The first-order valence-electron chi connectivity index (χ1n) is 9.82. The van der Waals surface area contributed by atoms with Gasteiger partial charge in [0.1, 0.15) is 10.8 Å². The predicted molar refractivity (Wildman–Crippen MR) is 119 cm³/mol. The molecule has 0 bridgehead atoms. The van der Waals surface area contributed by atoms with Crippen LogP contribution in [0, 0.1) is 0 Å². The maximum absolute atomic E-state index is 12.7. The van der Waals surface area contributed by atoms with Crippen molar-refractivity contribution in [3.8, 4) is 15.6 Å². The Labute approximate surface area is 179 Å². The van der Waals surface area contributed by atoms with E-state index in [1.807, 2.05) is 28.5 Å². The lowest BCUT2D eigenvalue weighted by molar-refractivity contribution is -0.132. The third kappa shape index (κ3) is 5.23. The third-order valence-corrected chi connectivity index (χ3v) is 7.15. The molecule has 1 fully saturated rings. The number of methoxy groups -OCH3 is 1. The molecule has 0 spiro atoms. The Morgan fingerprint density at radius 2 is 1.90 bits per heavy atom. The summed E-state index contributed by atoms with van der Waals surface area (Å²) in [5.41, 5.74) is 2.19. The normalized spacial score (nSPS) is 14.9. The highest BCUT2D eigenvalue weighted by atomic mass is 32.1. The Hall–Kier alpha value is -2.22. The number of hydrogen-bond donors (Lipinski definition) is 0. The predicted octanol–water partition coefficient (Wildman–Crippen LogP) is 3.81. The number of carbonyl (C=O) groups excluding carboxylic acids is 1. The Kier molecular flexibility index (Phi) is 6.59. The van der Waals surface area contributed by atoms with Gasteiger partial charge in [0.25, 0.3) is 0 Å². The highest BCUT2D eigenvalue weighted by Gasteiger charge is 2.22. The molecule has 1 amide bonds. The van der Waals surface area contributed by atoms with Crippen LogP contribution in [-0.4, -0.2) is 60.5 Å². The van der Waals surface area contributed by atoms with Gasteiger partial charge in [0.2, 0.25) is 5.91 Å². The van der Waals surface area contributed by atoms with Gasteiger partial charge in [-0.3, -0.25) is 9.69 Å². The van der Waals surface area contributed by atoms with Crippen molar-refractivity contribution in [2.24, 2.45) is 0 Å². The summed E-state index contributed by atoms with van der Waals surface area (Å²) in [6.45, 7) is 4.47. The number of rotatable bonds is 7. The number of amides is 1. The van der Waals surface area contributed by atoms with Crippen molar-refractivity contribution in [3.63, 3.8) is 0 Å². The zero-order valence-electron chi connectivity index (χ0n) is 16.5. The van der Waals surface area contributed by atoms with E-state index >= 15 is 0 Å². The molecule has 0 saturated carbocycles. The zero-order chi connectivity index (χ0) is 20.1. The van der Waals surface area contributed by atoms with Gasteiger partial charge in [-0.1, -0.05) is 18.2 Å². The second-order valence-corrected chi connectivity index (χ2v) is 8.92. The first-order valence-corrected chi connectivity index (χ1v) is 11.6. The van der Waals surface area contributed by atoms with Crippen LogP contribution in [0.4, 0.5) is 0 Å². The van der Waals surface area contributed by atoms with E-state index in [9.17, 15) is 4.79 Å². The molecule has 1 aromatic carbocycles. The van der Waals surface area contributed by atoms with Crippen molar-refractivity contribution in [1.82, 2.24) is 14.8 Å². The second-order valence-electron chi connectivity index (χ2n) is 7.12. The van der Waals surface area contributed by atoms with E-state index in [0.29, 0.717) is 6.42 Å². The zero-order valence-corrected chi connectivity index (χ0v) is 18.2. The average molecular weight is 428 g/mol. The molecule has 0 N–H and O–H groups in total. The molecule has 1 saturated heterocycles. The van der Waals surface area contributed by atoms with Crippen LogP contribution in [0.15, 0.2) is 47.2 Å². The first-order chi connectivity index (χ1) is 14.2. The average Bonchev–Trinajstić information content (AvgIpc) is 3.45. The number of thiophene rings is 1. The molecule has 2 aromatic heterocycles. The summed E-state index contributed by atoms with van der Waals surface area (Å²) in [5, 5.41) is 5.07. The van der Waals surface area contributed by atoms with Crippen LogP contribution in [-0.2, 0) is 17.6 Å². The molecule has 29 heavy (non-hydrogen) atoms. The van der Waals surface area contributed by atoms with Gasteiger partial charge in [-0.05, 0) is 35.6 Å². The molecule has 3 heterocycles. The maximum Gasteiger partial charge on any atom is 0.228 e. The van der Waals surface area contributed by atoms with Crippen molar-refractivity contribution >= 4 is 28.6 Å². The van der Waals surface area contributed by atoms with Gasteiger partial charge in [-0.2, -0.15) is 0 Å². The van der Waals surface area contributed by atoms with E-state index in [1.165, 1.54) is 10.4 Å². The Balaban J connectivity index is 1.22. The molecule has 7 heteroatoms. The van der Waals surface area contributed by atoms with Crippen molar-refractivity contribution in [2.45, 2.75) is 12.8 Å². The summed E-state index contributed by atoms with van der Waals surface area (Å²) < 4.78 is 5.21. The Bertz CT molecular complexity index is 914. The number of thiazole rings is 1. The lowest BCUT2D eigenvalue weighted by Crippen LogP contribution is -2.49. The highest BCUT2D eigenvalue weighted by Crippen LogP contribution is 2.28. The van der Waals surface area contributed by atoms with Crippen molar-refractivity contribution in [2.75, 3.05) is 39.8 Å². The smallest absolute Gasteiger partial charge is 0.228 e. The minimum atomic E-state index is 0.183. The van der Waals surface area contributed by atoms with Crippen LogP contribution in [0.3, 0.4) is 0 Å². The molecule has 0 unspecified atom stereocenters. The van der Waals surface area contributed by atoms with E-state index in [1.54, 1.807) is 29.8 Å². The summed E-state index contributed by atoms with van der Waals surface area (Å²) >= 11 is 3.30. The topological polar surface area (TPSA) is 45.7 Å². The van der Waals surface area contributed by atoms with Crippen molar-refractivity contribution in [3.05, 3.63) is 58.4 Å². The van der Waals surface area contributed by atoms with E-state index in [2.05, 4.69) is 33.5 Å². The quantitative estimate of drug-likeness (QED) is 0.575. The molecular formula is C22H25N3O2S2. The van der Waals surface area contributed by atoms with Crippen LogP contribution in [0.2, 0.25) is 0 Å². The Morgan fingerprint density at radius 1 is 1.10 bits per heavy atom. The van der Waals surface area contributed by atoms with E-state index in [-0.39, 0.29) is 5.91 Å². The third-order valence-electron chi connectivity index (χ3n) is 5.22. The molecular weight excluding hydrogens is 402 g/mol. The van der Waals surface area contributed by atoms with E-state index in [4.69, 9.17) is 4.74 Å². The monoisotopic (exact) mass is 427 g/mol. The van der Waals surface area contributed by atoms with Crippen LogP contribution >= 0.6 is 22.7 Å². The molecule has 5 nitrogen and oxygen atoms in total. The first kappa shape index (κ1) is 20.1. The summed E-state index contributed by atoms with van der Waals surface area (Å²) in [4.78, 5) is 22.9. The lowest BCUT2D eigenvalue weighted by Gasteiger charge is -2.34. The second kappa shape index (κ2) is 9.52. The SMILES string of the molecule is COc1ccc(CCN2CCN(C(=O)Cc3csc(-c4cccs4)n3)CC2)cc1. The molecule has 1 aliphatic rings. The summed E-state index contributed by atoms with van der Waals surface area (Å²) in [6.07, 6.45) is 1.41. The molecule has 3 aromatic rings.